The van der Waals surface area contributed by atoms with E-state index in [0.29, 0.717) is 6.54 Å². The number of nitrogens with zero attached hydrogens (tertiary/aromatic N) is 1. The molecule has 0 radical (unpaired) electrons. The maximum absolute atomic E-state index is 11.9. The summed E-state index contributed by atoms with van der Waals surface area (Å²) in [5.41, 5.74) is 1.07. The van der Waals surface area contributed by atoms with Crippen LogP contribution in [0, 0.1) is 5.92 Å². The highest BCUT2D eigenvalue weighted by molar-refractivity contribution is 5.87. The van der Waals surface area contributed by atoms with Crippen molar-refractivity contribution in [3.8, 4) is 0 Å². The molecule has 1 aromatic carbocycles. The van der Waals surface area contributed by atoms with Gasteiger partial charge >= 0.3 is 5.97 Å². The van der Waals surface area contributed by atoms with E-state index in [2.05, 4.69) is 0 Å². The summed E-state index contributed by atoms with van der Waals surface area (Å²) in [6, 6.07) is 9.68. The van der Waals surface area contributed by atoms with Gasteiger partial charge in [0.05, 0.1) is 13.0 Å². The van der Waals surface area contributed by atoms with Gasteiger partial charge in [-0.05, 0) is 12.5 Å². The second kappa shape index (κ2) is 5.21. The molecular formula is C14H17NO3. The molecule has 4 nitrogen and oxygen atoms in total. The molecule has 0 aromatic heterocycles. The molecule has 1 aliphatic rings. The lowest BCUT2D eigenvalue weighted by Gasteiger charge is -2.23. The summed E-state index contributed by atoms with van der Waals surface area (Å²) in [5.74, 6) is -0.626. The van der Waals surface area contributed by atoms with E-state index in [-0.39, 0.29) is 30.3 Å². The standard InChI is InChI=1S/C14H17NO3/c1-10-12(14(17)18-2)8-13(16)15(10)9-11-6-4-3-5-7-11/h3-7,10,12H,8-9H2,1-2H3. The molecule has 2 unspecified atom stereocenters. The number of ether oxygens (including phenoxy) is 1. The molecule has 1 heterocycles. The highest BCUT2D eigenvalue weighted by Crippen LogP contribution is 2.27. The van der Waals surface area contributed by atoms with Crippen LogP contribution in [0.5, 0.6) is 0 Å². The van der Waals surface area contributed by atoms with Crippen molar-refractivity contribution >= 4 is 11.9 Å². The van der Waals surface area contributed by atoms with Crippen LogP contribution in [-0.2, 0) is 20.9 Å². The number of hydrogen-bond donors (Lipinski definition) is 0. The Morgan fingerprint density at radius 2 is 2.06 bits per heavy atom. The van der Waals surface area contributed by atoms with E-state index in [1.165, 1.54) is 7.11 Å². The van der Waals surface area contributed by atoms with Crippen molar-refractivity contribution in [2.24, 2.45) is 5.92 Å². The topological polar surface area (TPSA) is 46.6 Å². The Hall–Kier alpha value is -1.84. The van der Waals surface area contributed by atoms with Gasteiger partial charge in [-0.15, -0.1) is 0 Å². The third kappa shape index (κ3) is 2.37. The summed E-state index contributed by atoms with van der Waals surface area (Å²) in [5, 5.41) is 0. The first-order chi connectivity index (χ1) is 8.63. The zero-order chi connectivity index (χ0) is 13.1. The van der Waals surface area contributed by atoms with Crippen LogP contribution in [0.15, 0.2) is 30.3 Å². The molecule has 0 saturated carbocycles. The van der Waals surface area contributed by atoms with Gasteiger partial charge in [0.1, 0.15) is 0 Å². The number of carbonyl (C=O) groups is 2. The minimum absolute atomic E-state index is 0.0155. The van der Waals surface area contributed by atoms with Crippen LogP contribution < -0.4 is 0 Å². The third-order valence-corrected chi connectivity index (χ3v) is 3.49. The Morgan fingerprint density at radius 3 is 2.67 bits per heavy atom. The van der Waals surface area contributed by atoms with Crippen molar-refractivity contribution in [3.05, 3.63) is 35.9 Å². The van der Waals surface area contributed by atoms with Crippen molar-refractivity contribution in [2.75, 3.05) is 7.11 Å². The monoisotopic (exact) mass is 247 g/mol. The molecule has 4 heteroatoms. The van der Waals surface area contributed by atoms with Gasteiger partial charge in [-0.3, -0.25) is 9.59 Å². The van der Waals surface area contributed by atoms with Crippen molar-refractivity contribution in [2.45, 2.75) is 25.9 Å². The van der Waals surface area contributed by atoms with E-state index >= 15 is 0 Å². The zero-order valence-electron chi connectivity index (χ0n) is 10.6. The van der Waals surface area contributed by atoms with Crippen LogP contribution in [0.3, 0.4) is 0 Å². The van der Waals surface area contributed by atoms with Crippen LogP contribution >= 0.6 is 0 Å². The second-order valence-corrected chi connectivity index (χ2v) is 4.58. The van der Waals surface area contributed by atoms with Gasteiger partial charge < -0.3 is 9.64 Å². The van der Waals surface area contributed by atoms with E-state index in [1.807, 2.05) is 37.3 Å². The van der Waals surface area contributed by atoms with Gasteiger partial charge in [0.25, 0.3) is 0 Å². The first kappa shape index (κ1) is 12.6. The third-order valence-electron chi connectivity index (χ3n) is 3.49. The molecule has 2 atom stereocenters. The maximum atomic E-state index is 11.9. The molecule has 0 aliphatic carbocycles. The van der Waals surface area contributed by atoms with E-state index in [9.17, 15) is 9.59 Å². The number of hydrogen-bond acceptors (Lipinski definition) is 3. The fourth-order valence-electron chi connectivity index (χ4n) is 2.36. The summed E-state index contributed by atoms with van der Waals surface area (Å²) < 4.78 is 4.73. The second-order valence-electron chi connectivity index (χ2n) is 4.58. The van der Waals surface area contributed by atoms with Crippen LogP contribution in [0.1, 0.15) is 18.9 Å². The molecule has 0 spiro atoms. The van der Waals surface area contributed by atoms with E-state index in [1.54, 1.807) is 4.90 Å². The summed E-state index contributed by atoms with van der Waals surface area (Å²) in [6.45, 7) is 2.45. The molecular weight excluding hydrogens is 230 g/mol. The molecule has 1 saturated heterocycles. The highest BCUT2D eigenvalue weighted by Gasteiger charge is 2.41. The molecule has 1 aromatic rings. The fourth-order valence-corrected chi connectivity index (χ4v) is 2.36. The summed E-state index contributed by atoms with van der Waals surface area (Å²) in [6.07, 6.45) is 0.251. The van der Waals surface area contributed by atoms with Crippen molar-refractivity contribution in [1.29, 1.82) is 0 Å². The summed E-state index contributed by atoms with van der Waals surface area (Å²) in [4.78, 5) is 25.3. The van der Waals surface area contributed by atoms with Crippen LogP contribution in [0.2, 0.25) is 0 Å². The minimum Gasteiger partial charge on any atom is -0.469 e. The molecule has 1 aliphatic heterocycles. The number of carbonyl (C=O) groups excluding carboxylic acids is 2. The van der Waals surface area contributed by atoms with Crippen molar-refractivity contribution < 1.29 is 14.3 Å². The SMILES string of the molecule is COC(=O)C1CC(=O)N(Cc2ccccc2)C1C. The van der Waals surface area contributed by atoms with Gasteiger partial charge in [0.2, 0.25) is 5.91 Å². The van der Waals surface area contributed by atoms with E-state index in [0.717, 1.165) is 5.56 Å². The minimum atomic E-state index is -0.341. The lowest BCUT2D eigenvalue weighted by atomic mass is 10.0. The van der Waals surface area contributed by atoms with Crippen molar-refractivity contribution in [3.63, 3.8) is 0 Å². The Bertz CT molecular complexity index is 444. The van der Waals surface area contributed by atoms with Crippen LogP contribution in [0.25, 0.3) is 0 Å². The van der Waals surface area contributed by atoms with Crippen molar-refractivity contribution in [1.82, 2.24) is 4.90 Å². The molecule has 1 amide bonds. The predicted molar refractivity (Wildman–Crippen MR) is 66.6 cm³/mol. The Balaban J connectivity index is 2.10. The summed E-state index contributed by atoms with van der Waals surface area (Å²) in [7, 11) is 1.36. The highest BCUT2D eigenvalue weighted by atomic mass is 16.5. The number of methoxy groups -OCH3 is 1. The Morgan fingerprint density at radius 1 is 1.39 bits per heavy atom. The van der Waals surface area contributed by atoms with Gasteiger partial charge in [0, 0.05) is 19.0 Å². The van der Waals surface area contributed by atoms with Gasteiger partial charge in [-0.25, -0.2) is 0 Å². The number of rotatable bonds is 3. The average molecular weight is 247 g/mol. The molecule has 0 N–H and O–H groups in total. The largest absolute Gasteiger partial charge is 0.469 e. The molecule has 96 valence electrons. The fraction of sp³-hybridized carbons (Fsp3) is 0.429. The Labute approximate surface area is 107 Å². The van der Waals surface area contributed by atoms with Crippen LogP contribution in [0.4, 0.5) is 0 Å². The summed E-state index contributed by atoms with van der Waals surface area (Å²) >= 11 is 0. The predicted octanol–water partition coefficient (Wildman–Crippen LogP) is 1.60. The smallest absolute Gasteiger partial charge is 0.311 e. The molecule has 0 bridgehead atoms. The van der Waals surface area contributed by atoms with Gasteiger partial charge in [-0.2, -0.15) is 0 Å². The zero-order valence-corrected chi connectivity index (χ0v) is 10.6. The molecule has 2 rings (SSSR count). The lowest BCUT2D eigenvalue weighted by molar-refractivity contribution is -0.146. The molecule has 18 heavy (non-hydrogen) atoms. The normalized spacial score (nSPS) is 23.2. The number of esters is 1. The number of benzene rings is 1. The number of amides is 1. The lowest BCUT2D eigenvalue weighted by Crippen LogP contribution is -2.34. The number of likely N-dealkylation sites (tertiary alicyclic amines) is 1. The maximum Gasteiger partial charge on any atom is 0.311 e. The van der Waals surface area contributed by atoms with E-state index < -0.39 is 0 Å². The molecule has 1 fully saturated rings. The first-order valence-electron chi connectivity index (χ1n) is 6.04. The van der Waals surface area contributed by atoms with Crippen LogP contribution in [-0.4, -0.2) is 29.9 Å². The first-order valence-corrected chi connectivity index (χ1v) is 6.04. The van der Waals surface area contributed by atoms with E-state index in [4.69, 9.17) is 4.74 Å². The van der Waals surface area contributed by atoms with Gasteiger partial charge in [-0.1, -0.05) is 30.3 Å². The quantitative estimate of drug-likeness (QED) is 0.762. The average Bonchev–Trinajstić information content (AvgIpc) is 2.67. The van der Waals surface area contributed by atoms with Gasteiger partial charge in [0.15, 0.2) is 0 Å². The Kier molecular flexibility index (Phi) is 3.65.